The lowest BCUT2D eigenvalue weighted by molar-refractivity contribution is -0.116. The number of primary amides is 1. The number of aryl methyl sites for hydroxylation is 1. The van der Waals surface area contributed by atoms with Gasteiger partial charge in [-0.15, -0.1) is 11.3 Å². The summed E-state index contributed by atoms with van der Waals surface area (Å²) in [6, 6.07) is 4.51. The van der Waals surface area contributed by atoms with Gasteiger partial charge >= 0.3 is 0 Å². The van der Waals surface area contributed by atoms with Crippen molar-refractivity contribution in [3.8, 4) is 5.75 Å². The molecule has 2 amide bonds. The molecule has 1 aromatic carbocycles. The van der Waals surface area contributed by atoms with Gasteiger partial charge in [0.25, 0.3) is 5.91 Å². The number of carbonyl (C=O) groups excluding carboxylic acids is 2. The van der Waals surface area contributed by atoms with Gasteiger partial charge in [-0.1, -0.05) is 11.6 Å². The highest BCUT2D eigenvalue weighted by Gasteiger charge is 2.19. The number of nitrogens with two attached hydrogens (primary N) is 1. The molecule has 4 N–H and O–H groups in total. The van der Waals surface area contributed by atoms with E-state index in [0.29, 0.717) is 27.0 Å². The molecule has 6 nitrogen and oxygen atoms in total. The van der Waals surface area contributed by atoms with E-state index in [9.17, 15) is 9.59 Å². The summed E-state index contributed by atoms with van der Waals surface area (Å²) in [6.45, 7) is 3.57. The zero-order valence-corrected chi connectivity index (χ0v) is 15.0. The zero-order valence-electron chi connectivity index (χ0n) is 13.5. The molecule has 0 saturated heterocycles. The second kappa shape index (κ2) is 7.55. The molecule has 2 aromatic rings. The third-order valence-corrected chi connectivity index (χ3v) is 4.65. The van der Waals surface area contributed by atoms with Gasteiger partial charge in [0.2, 0.25) is 5.91 Å². The van der Waals surface area contributed by atoms with Crippen LogP contribution in [-0.2, 0) is 4.79 Å². The maximum Gasteiger partial charge on any atom is 0.251 e. The topological polar surface area (TPSA) is 93.4 Å². The second-order valence-corrected chi connectivity index (χ2v) is 6.51. The molecule has 0 spiro atoms. The Labute approximate surface area is 148 Å². The predicted octanol–water partition coefficient (Wildman–Crippen LogP) is 3.26. The minimum atomic E-state index is -0.581. The fourth-order valence-electron chi connectivity index (χ4n) is 2.06. The minimum absolute atomic E-state index is 0.292. The van der Waals surface area contributed by atoms with Gasteiger partial charge in [-0.05, 0) is 36.9 Å². The Kier molecular flexibility index (Phi) is 5.69. The van der Waals surface area contributed by atoms with Gasteiger partial charge in [-0.25, -0.2) is 0 Å². The summed E-state index contributed by atoms with van der Waals surface area (Å²) in [5.41, 5.74) is 7.09. The molecule has 0 saturated carbocycles. The number of hydrogen-bond acceptors (Lipinski definition) is 5. The second-order valence-electron chi connectivity index (χ2n) is 5.18. The Balaban J connectivity index is 2.13. The first-order valence-electron chi connectivity index (χ1n) is 7.12. The first kappa shape index (κ1) is 18.1. The van der Waals surface area contributed by atoms with Gasteiger partial charge in [0.15, 0.2) is 0 Å². The van der Waals surface area contributed by atoms with Crippen LogP contribution in [0.3, 0.4) is 0 Å². The average Bonchev–Trinajstić information content (AvgIpc) is 2.98. The molecule has 1 aromatic heterocycles. The van der Waals surface area contributed by atoms with E-state index in [2.05, 4.69) is 10.6 Å². The Morgan fingerprint density at radius 1 is 1.38 bits per heavy atom. The number of ether oxygens (including phenoxy) is 1. The van der Waals surface area contributed by atoms with Crippen LogP contribution < -0.4 is 21.1 Å². The maximum atomic E-state index is 12.4. The van der Waals surface area contributed by atoms with Gasteiger partial charge in [-0.2, -0.15) is 0 Å². The van der Waals surface area contributed by atoms with Crippen LogP contribution in [0.2, 0.25) is 5.02 Å². The highest BCUT2D eigenvalue weighted by molar-refractivity contribution is 7.14. The molecule has 0 bridgehead atoms. The van der Waals surface area contributed by atoms with Crippen LogP contribution >= 0.6 is 22.9 Å². The molecule has 0 fully saturated rings. The summed E-state index contributed by atoms with van der Waals surface area (Å²) in [6.07, 6.45) is 0. The minimum Gasteiger partial charge on any atom is -0.495 e. The fraction of sp³-hybridized carbons (Fsp3) is 0.250. The van der Waals surface area contributed by atoms with Crippen molar-refractivity contribution in [1.29, 1.82) is 0 Å². The van der Waals surface area contributed by atoms with E-state index in [4.69, 9.17) is 22.1 Å². The Morgan fingerprint density at radius 3 is 2.71 bits per heavy atom. The molecule has 8 heteroatoms. The molecule has 1 atom stereocenters. The van der Waals surface area contributed by atoms with Crippen LogP contribution in [-0.4, -0.2) is 25.0 Å². The quantitative estimate of drug-likeness (QED) is 0.730. The third kappa shape index (κ3) is 3.98. The van der Waals surface area contributed by atoms with Crippen molar-refractivity contribution >= 4 is 45.4 Å². The standard InChI is InChI=1S/C16H18ClN3O3S/c1-8-6-12(13(23-3)7-11(8)17)19-9(2)15(22)20-16-10(14(18)21)4-5-24-16/h4-7,9,19H,1-3H3,(H2,18,21)(H,20,22). The summed E-state index contributed by atoms with van der Waals surface area (Å²) in [4.78, 5) is 23.7. The van der Waals surface area contributed by atoms with Gasteiger partial charge in [0, 0.05) is 11.1 Å². The van der Waals surface area contributed by atoms with Crippen LogP contribution in [0.1, 0.15) is 22.8 Å². The van der Waals surface area contributed by atoms with Crippen LogP contribution in [0.4, 0.5) is 10.7 Å². The lowest BCUT2D eigenvalue weighted by atomic mass is 10.2. The summed E-state index contributed by atoms with van der Waals surface area (Å²) in [5, 5.41) is 8.50. The normalized spacial score (nSPS) is 11.7. The molecule has 2 rings (SSSR count). The van der Waals surface area contributed by atoms with Crippen LogP contribution in [0, 0.1) is 6.92 Å². The largest absolute Gasteiger partial charge is 0.495 e. The molecular weight excluding hydrogens is 350 g/mol. The highest BCUT2D eigenvalue weighted by atomic mass is 35.5. The number of methoxy groups -OCH3 is 1. The number of rotatable bonds is 6. The molecule has 128 valence electrons. The highest BCUT2D eigenvalue weighted by Crippen LogP contribution is 2.31. The SMILES string of the molecule is COc1cc(Cl)c(C)cc1NC(C)C(=O)Nc1sccc1C(N)=O. The molecule has 1 heterocycles. The number of thiophene rings is 1. The Hall–Kier alpha value is -2.25. The predicted molar refractivity (Wildman–Crippen MR) is 97.3 cm³/mol. The number of hydrogen-bond donors (Lipinski definition) is 3. The first-order valence-corrected chi connectivity index (χ1v) is 8.38. The van der Waals surface area contributed by atoms with Crippen molar-refractivity contribution in [3.63, 3.8) is 0 Å². The van der Waals surface area contributed by atoms with E-state index in [1.165, 1.54) is 18.4 Å². The third-order valence-electron chi connectivity index (χ3n) is 3.41. The van der Waals surface area contributed by atoms with Crippen LogP contribution in [0.5, 0.6) is 5.75 Å². The van der Waals surface area contributed by atoms with Crippen LogP contribution in [0.25, 0.3) is 0 Å². The van der Waals surface area contributed by atoms with Gasteiger partial charge in [0.1, 0.15) is 16.8 Å². The maximum absolute atomic E-state index is 12.4. The van der Waals surface area contributed by atoms with E-state index < -0.39 is 11.9 Å². The lowest BCUT2D eigenvalue weighted by Crippen LogP contribution is -2.32. The van der Waals surface area contributed by atoms with Crippen molar-refractivity contribution in [1.82, 2.24) is 0 Å². The number of benzene rings is 1. The van der Waals surface area contributed by atoms with Crippen molar-refractivity contribution < 1.29 is 14.3 Å². The molecule has 1 unspecified atom stereocenters. The summed E-state index contributed by atoms with van der Waals surface area (Å²) in [7, 11) is 1.53. The molecule has 0 aliphatic rings. The Morgan fingerprint density at radius 2 is 2.08 bits per heavy atom. The van der Waals surface area contributed by atoms with Crippen molar-refractivity contribution in [2.24, 2.45) is 5.73 Å². The van der Waals surface area contributed by atoms with Crippen LogP contribution in [0.15, 0.2) is 23.6 Å². The van der Waals surface area contributed by atoms with Gasteiger partial charge in [-0.3, -0.25) is 9.59 Å². The van der Waals surface area contributed by atoms with Crippen molar-refractivity contribution in [2.75, 3.05) is 17.7 Å². The lowest BCUT2D eigenvalue weighted by Gasteiger charge is -2.18. The molecule has 0 aliphatic carbocycles. The van der Waals surface area contributed by atoms with Crippen molar-refractivity contribution in [2.45, 2.75) is 19.9 Å². The molecular formula is C16H18ClN3O3S. The summed E-state index contributed by atoms with van der Waals surface area (Å²) in [5.74, 6) is -0.337. The monoisotopic (exact) mass is 367 g/mol. The number of anilines is 2. The number of halogens is 1. The summed E-state index contributed by atoms with van der Waals surface area (Å²) >= 11 is 7.32. The number of amides is 2. The summed E-state index contributed by atoms with van der Waals surface area (Å²) < 4.78 is 5.28. The van der Waals surface area contributed by atoms with E-state index in [1.54, 1.807) is 24.4 Å². The smallest absolute Gasteiger partial charge is 0.251 e. The first-order chi connectivity index (χ1) is 11.3. The van der Waals surface area contributed by atoms with E-state index in [0.717, 1.165) is 5.56 Å². The van der Waals surface area contributed by atoms with Gasteiger partial charge in [0.05, 0.1) is 18.4 Å². The molecule has 0 aliphatic heterocycles. The van der Waals surface area contributed by atoms with E-state index in [1.807, 2.05) is 13.0 Å². The van der Waals surface area contributed by atoms with Gasteiger partial charge < -0.3 is 21.1 Å². The Bertz CT molecular complexity index is 776. The number of carbonyl (C=O) groups is 2. The fourth-order valence-corrected chi connectivity index (χ4v) is 3.01. The average molecular weight is 368 g/mol. The van der Waals surface area contributed by atoms with E-state index in [-0.39, 0.29) is 5.91 Å². The van der Waals surface area contributed by atoms with Crippen molar-refractivity contribution in [3.05, 3.63) is 39.7 Å². The van der Waals surface area contributed by atoms with E-state index >= 15 is 0 Å². The molecule has 24 heavy (non-hydrogen) atoms. The zero-order chi connectivity index (χ0) is 17.9. The number of nitrogens with one attached hydrogen (secondary N) is 2. The molecule has 0 radical (unpaired) electrons.